The van der Waals surface area contributed by atoms with Crippen molar-refractivity contribution in [1.82, 2.24) is 0 Å². The Bertz CT molecular complexity index is 479. The first kappa shape index (κ1) is 15.4. The van der Waals surface area contributed by atoms with Crippen LogP contribution in [0.5, 0.6) is 0 Å². The van der Waals surface area contributed by atoms with E-state index in [0.717, 1.165) is 4.47 Å². The number of thiocarbonyl (C=S) groups is 1. The fourth-order valence-corrected chi connectivity index (χ4v) is 2.66. The summed E-state index contributed by atoms with van der Waals surface area (Å²) in [7, 11) is 0. The molecule has 0 saturated carbocycles. The van der Waals surface area contributed by atoms with Crippen molar-refractivity contribution in [3.63, 3.8) is 0 Å². The van der Waals surface area contributed by atoms with Crippen LogP contribution < -0.4 is 11.1 Å². The van der Waals surface area contributed by atoms with Crippen LogP contribution in [0.25, 0.3) is 0 Å². The number of benzene rings is 1. The number of carbonyl (C=O) groups is 1. The van der Waals surface area contributed by atoms with Gasteiger partial charge >= 0.3 is 0 Å². The van der Waals surface area contributed by atoms with Gasteiger partial charge in [-0.15, -0.1) is 0 Å². The summed E-state index contributed by atoms with van der Waals surface area (Å²) in [6.45, 7) is 3.79. The molecule has 3 N–H and O–H groups in total. The fraction of sp³-hybridized carbons (Fsp3) is 0.333. The smallest absolute Gasteiger partial charge is 0.234 e. The quantitative estimate of drug-likeness (QED) is 0.817. The van der Waals surface area contributed by atoms with Crippen molar-refractivity contribution >= 4 is 56.3 Å². The summed E-state index contributed by atoms with van der Waals surface area (Å²) in [6.07, 6.45) is 0. The molecule has 0 spiro atoms. The lowest BCUT2D eigenvalue weighted by Crippen LogP contribution is -2.36. The van der Waals surface area contributed by atoms with Gasteiger partial charge in [-0.2, -0.15) is 0 Å². The summed E-state index contributed by atoms with van der Waals surface area (Å²) in [4.78, 5) is 12.3. The zero-order chi connectivity index (χ0) is 13.9. The summed E-state index contributed by atoms with van der Waals surface area (Å²) in [5.41, 5.74) is 6.13. The van der Waals surface area contributed by atoms with Crippen LogP contribution in [0.2, 0.25) is 5.02 Å². The van der Waals surface area contributed by atoms with E-state index >= 15 is 0 Å². The molecule has 1 atom stereocenters. The molecule has 98 valence electrons. The number of halogens is 2. The minimum atomic E-state index is -0.500. The Balaban J connectivity index is 2.89. The Morgan fingerprint density at radius 2 is 2.11 bits per heavy atom. The molecule has 0 saturated heterocycles. The van der Waals surface area contributed by atoms with E-state index in [4.69, 9.17) is 29.6 Å². The Labute approximate surface area is 125 Å². The van der Waals surface area contributed by atoms with Crippen molar-refractivity contribution in [2.24, 2.45) is 17.6 Å². The number of hydrogen-bond acceptors (Lipinski definition) is 2. The molecule has 1 amide bonds. The maximum Gasteiger partial charge on any atom is 0.234 e. The number of amides is 1. The van der Waals surface area contributed by atoms with Gasteiger partial charge in [0.1, 0.15) is 0 Å². The number of rotatable bonds is 4. The zero-order valence-electron chi connectivity index (χ0n) is 10.0. The molecule has 1 aromatic carbocycles. The van der Waals surface area contributed by atoms with Crippen LogP contribution >= 0.6 is 39.7 Å². The molecule has 0 radical (unpaired) electrons. The van der Waals surface area contributed by atoms with Gasteiger partial charge < -0.3 is 11.1 Å². The van der Waals surface area contributed by atoms with Gasteiger partial charge in [-0.05, 0) is 24.1 Å². The molecule has 1 rings (SSSR count). The van der Waals surface area contributed by atoms with Gasteiger partial charge in [0.25, 0.3) is 0 Å². The van der Waals surface area contributed by atoms with E-state index in [-0.39, 0.29) is 16.8 Å². The van der Waals surface area contributed by atoms with Gasteiger partial charge in [-0.3, -0.25) is 4.79 Å². The first-order valence-corrected chi connectivity index (χ1v) is 6.96. The van der Waals surface area contributed by atoms with E-state index in [1.807, 2.05) is 13.8 Å². The first-order chi connectivity index (χ1) is 8.32. The summed E-state index contributed by atoms with van der Waals surface area (Å²) in [5, 5.41) is 3.20. The summed E-state index contributed by atoms with van der Waals surface area (Å²) < 4.78 is 0.847. The summed E-state index contributed by atoms with van der Waals surface area (Å²) >= 11 is 14.2. The van der Waals surface area contributed by atoms with Gasteiger partial charge in [0.2, 0.25) is 5.91 Å². The third-order valence-corrected chi connectivity index (χ3v) is 3.50. The lowest BCUT2D eigenvalue weighted by Gasteiger charge is -2.19. The molecule has 0 aromatic heterocycles. The lowest BCUT2D eigenvalue weighted by molar-refractivity contribution is -0.118. The Kier molecular flexibility index (Phi) is 5.56. The number of nitrogens with one attached hydrogen (secondary N) is 1. The highest BCUT2D eigenvalue weighted by Crippen LogP contribution is 2.26. The van der Waals surface area contributed by atoms with Crippen molar-refractivity contribution in [2.45, 2.75) is 13.8 Å². The van der Waals surface area contributed by atoms with Crippen LogP contribution in [0.4, 0.5) is 5.69 Å². The van der Waals surface area contributed by atoms with Crippen LogP contribution in [0.1, 0.15) is 13.8 Å². The minimum Gasteiger partial charge on any atom is -0.393 e. The maximum absolute atomic E-state index is 12.1. The van der Waals surface area contributed by atoms with Gasteiger partial charge in [0, 0.05) is 4.47 Å². The van der Waals surface area contributed by atoms with E-state index < -0.39 is 5.92 Å². The monoisotopic (exact) mass is 348 g/mol. The van der Waals surface area contributed by atoms with Crippen LogP contribution in [0.3, 0.4) is 0 Å². The molecule has 0 aliphatic rings. The standard InChI is InChI=1S/C12H14BrClN2OS/c1-6(2)10(11(15)18)12(17)16-9-4-3-7(13)5-8(9)14/h3-6,10H,1-2H3,(H2,15,18)(H,16,17). The molecule has 0 bridgehead atoms. The normalized spacial score (nSPS) is 12.3. The molecule has 1 aromatic rings. The minimum absolute atomic E-state index is 0.0386. The summed E-state index contributed by atoms with van der Waals surface area (Å²) in [6, 6.07) is 5.23. The Morgan fingerprint density at radius 3 is 2.56 bits per heavy atom. The highest BCUT2D eigenvalue weighted by Gasteiger charge is 2.25. The number of nitrogens with two attached hydrogens (primary N) is 1. The fourth-order valence-electron chi connectivity index (χ4n) is 1.56. The predicted molar refractivity (Wildman–Crippen MR) is 82.9 cm³/mol. The van der Waals surface area contributed by atoms with Crippen LogP contribution in [0, 0.1) is 11.8 Å². The van der Waals surface area contributed by atoms with Gasteiger partial charge in [-0.1, -0.05) is 53.6 Å². The summed E-state index contributed by atoms with van der Waals surface area (Å²) in [5.74, 6) is -0.696. The van der Waals surface area contributed by atoms with Crippen molar-refractivity contribution in [2.75, 3.05) is 5.32 Å². The van der Waals surface area contributed by atoms with Crippen LogP contribution in [-0.4, -0.2) is 10.9 Å². The van der Waals surface area contributed by atoms with E-state index in [1.54, 1.807) is 18.2 Å². The molecule has 3 nitrogen and oxygen atoms in total. The lowest BCUT2D eigenvalue weighted by atomic mass is 9.95. The van der Waals surface area contributed by atoms with Crippen molar-refractivity contribution in [3.05, 3.63) is 27.7 Å². The zero-order valence-corrected chi connectivity index (χ0v) is 13.2. The van der Waals surface area contributed by atoms with Crippen molar-refractivity contribution in [1.29, 1.82) is 0 Å². The molecule has 0 fully saturated rings. The van der Waals surface area contributed by atoms with Crippen molar-refractivity contribution in [3.8, 4) is 0 Å². The molecule has 1 unspecified atom stereocenters. The molecule has 0 aliphatic heterocycles. The largest absolute Gasteiger partial charge is 0.393 e. The van der Waals surface area contributed by atoms with E-state index in [0.29, 0.717) is 10.7 Å². The Morgan fingerprint density at radius 1 is 1.50 bits per heavy atom. The first-order valence-electron chi connectivity index (χ1n) is 5.38. The molecular weight excluding hydrogens is 336 g/mol. The highest BCUT2D eigenvalue weighted by atomic mass is 79.9. The van der Waals surface area contributed by atoms with Crippen LogP contribution in [0.15, 0.2) is 22.7 Å². The number of carbonyl (C=O) groups excluding carboxylic acids is 1. The van der Waals surface area contributed by atoms with Gasteiger partial charge in [-0.25, -0.2) is 0 Å². The second-order valence-electron chi connectivity index (χ2n) is 4.24. The van der Waals surface area contributed by atoms with Gasteiger partial charge in [0.05, 0.1) is 21.6 Å². The molecule has 6 heteroatoms. The predicted octanol–water partition coefficient (Wildman–Crippen LogP) is 3.60. The number of hydrogen-bond donors (Lipinski definition) is 2. The molecule has 18 heavy (non-hydrogen) atoms. The Hall–Kier alpha value is -0.650. The van der Waals surface area contributed by atoms with Crippen LogP contribution in [-0.2, 0) is 4.79 Å². The molecule has 0 heterocycles. The van der Waals surface area contributed by atoms with Crippen molar-refractivity contribution < 1.29 is 4.79 Å². The molecular formula is C12H14BrClN2OS. The second kappa shape index (κ2) is 6.50. The molecule has 0 aliphatic carbocycles. The van der Waals surface area contributed by atoms with E-state index in [9.17, 15) is 4.79 Å². The SMILES string of the molecule is CC(C)C(C(=O)Nc1ccc(Br)cc1Cl)C(N)=S. The van der Waals surface area contributed by atoms with E-state index in [2.05, 4.69) is 21.2 Å². The average molecular weight is 350 g/mol. The number of anilines is 1. The third kappa shape index (κ3) is 3.93. The highest BCUT2D eigenvalue weighted by molar-refractivity contribution is 9.10. The van der Waals surface area contributed by atoms with Gasteiger partial charge in [0.15, 0.2) is 0 Å². The third-order valence-electron chi connectivity index (χ3n) is 2.44. The average Bonchev–Trinajstić information content (AvgIpc) is 2.21. The maximum atomic E-state index is 12.1. The topological polar surface area (TPSA) is 55.1 Å². The van der Waals surface area contributed by atoms with E-state index in [1.165, 1.54) is 0 Å². The second-order valence-corrected chi connectivity index (χ2v) is 6.03.